The van der Waals surface area contributed by atoms with Crippen LogP contribution >= 0.6 is 0 Å². The van der Waals surface area contributed by atoms with Gasteiger partial charge in [-0.15, -0.1) is 0 Å². The van der Waals surface area contributed by atoms with Gasteiger partial charge in [0.1, 0.15) is 0 Å². The van der Waals surface area contributed by atoms with E-state index in [0.717, 1.165) is 18.7 Å². The fourth-order valence-corrected chi connectivity index (χ4v) is 2.19. The Morgan fingerprint density at radius 1 is 1.50 bits per heavy atom. The van der Waals surface area contributed by atoms with Crippen LogP contribution in [0.15, 0.2) is 24.3 Å². The first kappa shape index (κ1) is 11.1. The summed E-state index contributed by atoms with van der Waals surface area (Å²) in [5.74, 6) is 0.781. The summed E-state index contributed by atoms with van der Waals surface area (Å²) in [4.78, 5) is 11.9. The molecule has 1 amide bonds. The van der Waals surface area contributed by atoms with Gasteiger partial charge < -0.3 is 10.6 Å². The molecule has 0 aromatic heterocycles. The maximum absolute atomic E-state index is 11.9. The highest BCUT2D eigenvalue weighted by Gasteiger charge is 2.30. The Labute approximate surface area is 96.2 Å². The molecule has 1 aliphatic heterocycles. The molecule has 3 heteroatoms. The van der Waals surface area contributed by atoms with Crippen LogP contribution in [0.5, 0.6) is 0 Å². The lowest BCUT2D eigenvalue weighted by Crippen LogP contribution is -2.89. The van der Waals surface area contributed by atoms with E-state index in [9.17, 15) is 4.79 Å². The first-order valence-electron chi connectivity index (χ1n) is 5.86. The summed E-state index contributed by atoms with van der Waals surface area (Å²) < 4.78 is 0. The Morgan fingerprint density at radius 2 is 2.31 bits per heavy atom. The van der Waals surface area contributed by atoms with E-state index < -0.39 is 0 Å². The van der Waals surface area contributed by atoms with Gasteiger partial charge in [0.25, 0.3) is 5.91 Å². The van der Waals surface area contributed by atoms with E-state index in [1.807, 2.05) is 31.2 Å². The van der Waals surface area contributed by atoms with Crippen LogP contribution in [0.25, 0.3) is 0 Å². The van der Waals surface area contributed by atoms with Gasteiger partial charge >= 0.3 is 0 Å². The summed E-state index contributed by atoms with van der Waals surface area (Å²) >= 11 is 0. The molecule has 0 radical (unpaired) electrons. The van der Waals surface area contributed by atoms with E-state index in [4.69, 9.17) is 0 Å². The maximum Gasteiger partial charge on any atom is 0.282 e. The molecule has 3 nitrogen and oxygen atoms in total. The summed E-state index contributed by atoms with van der Waals surface area (Å²) in [6, 6.07) is 8.01. The van der Waals surface area contributed by atoms with Crippen molar-refractivity contribution < 1.29 is 10.1 Å². The lowest BCUT2D eigenvalue weighted by Gasteiger charge is -2.09. The number of nitrogens with one attached hydrogen (secondary N) is 1. The normalized spacial score (nSPS) is 24.4. The number of quaternary nitrogens is 1. The number of hydrogen-bond donors (Lipinski definition) is 2. The van der Waals surface area contributed by atoms with Crippen molar-refractivity contribution in [3.8, 4) is 0 Å². The molecule has 1 aromatic rings. The number of rotatable bonds is 2. The first-order chi connectivity index (χ1) is 7.65. The lowest BCUT2D eigenvalue weighted by molar-refractivity contribution is -0.658. The SMILES string of the molecule is Cc1cccc(NC(=O)[C@@H]2C[C@H](C)C[NH2+]2)c1. The first-order valence-corrected chi connectivity index (χ1v) is 5.86. The third-order valence-electron chi connectivity index (χ3n) is 3.10. The minimum Gasteiger partial charge on any atom is -0.336 e. The van der Waals surface area contributed by atoms with E-state index >= 15 is 0 Å². The van der Waals surface area contributed by atoms with Gasteiger partial charge in [0.15, 0.2) is 6.04 Å². The molecule has 2 rings (SSSR count). The van der Waals surface area contributed by atoms with Crippen LogP contribution in [0, 0.1) is 12.8 Å². The van der Waals surface area contributed by atoms with Crippen molar-refractivity contribution in [2.45, 2.75) is 26.3 Å². The zero-order chi connectivity index (χ0) is 11.5. The summed E-state index contributed by atoms with van der Waals surface area (Å²) in [5.41, 5.74) is 2.07. The van der Waals surface area contributed by atoms with Gasteiger partial charge in [-0.3, -0.25) is 4.79 Å². The van der Waals surface area contributed by atoms with E-state index in [1.54, 1.807) is 0 Å². The summed E-state index contributed by atoms with van der Waals surface area (Å²) in [6.45, 7) is 5.28. The summed E-state index contributed by atoms with van der Waals surface area (Å²) in [5, 5.41) is 5.11. The molecule has 2 atom stereocenters. The zero-order valence-corrected chi connectivity index (χ0v) is 9.86. The van der Waals surface area contributed by atoms with E-state index in [-0.39, 0.29) is 11.9 Å². The number of carbonyl (C=O) groups is 1. The van der Waals surface area contributed by atoms with Crippen LogP contribution in [0.1, 0.15) is 18.9 Å². The van der Waals surface area contributed by atoms with E-state index in [2.05, 4.69) is 17.6 Å². The van der Waals surface area contributed by atoms with Crippen molar-refractivity contribution >= 4 is 11.6 Å². The fourth-order valence-electron chi connectivity index (χ4n) is 2.19. The van der Waals surface area contributed by atoms with Crippen molar-refractivity contribution in [2.24, 2.45) is 5.92 Å². The van der Waals surface area contributed by atoms with Crippen molar-refractivity contribution in [3.05, 3.63) is 29.8 Å². The number of anilines is 1. The van der Waals surface area contributed by atoms with Crippen molar-refractivity contribution in [1.82, 2.24) is 0 Å². The molecule has 0 spiro atoms. The zero-order valence-electron chi connectivity index (χ0n) is 9.86. The van der Waals surface area contributed by atoms with E-state index in [1.165, 1.54) is 5.56 Å². The number of amides is 1. The van der Waals surface area contributed by atoms with Crippen LogP contribution in [0.2, 0.25) is 0 Å². The molecular weight excluding hydrogens is 200 g/mol. The molecule has 1 aromatic carbocycles. The van der Waals surface area contributed by atoms with Gasteiger partial charge in [0.05, 0.1) is 6.54 Å². The van der Waals surface area contributed by atoms with Crippen molar-refractivity contribution in [3.63, 3.8) is 0 Å². The smallest absolute Gasteiger partial charge is 0.282 e. The minimum atomic E-state index is 0.0931. The molecule has 0 saturated carbocycles. The van der Waals surface area contributed by atoms with Gasteiger partial charge in [0, 0.05) is 18.0 Å². The average molecular weight is 219 g/mol. The molecule has 3 N–H and O–H groups in total. The molecule has 1 fully saturated rings. The predicted molar refractivity (Wildman–Crippen MR) is 64.2 cm³/mol. The Kier molecular flexibility index (Phi) is 3.25. The molecule has 1 heterocycles. The second-order valence-corrected chi connectivity index (χ2v) is 4.78. The largest absolute Gasteiger partial charge is 0.336 e. The molecular formula is C13H19N2O+. The highest BCUT2D eigenvalue weighted by atomic mass is 16.2. The van der Waals surface area contributed by atoms with Crippen LogP contribution in [-0.2, 0) is 4.79 Å². The van der Waals surface area contributed by atoms with Gasteiger partial charge in [-0.25, -0.2) is 0 Å². The average Bonchev–Trinajstić information content (AvgIpc) is 2.65. The number of benzene rings is 1. The van der Waals surface area contributed by atoms with Gasteiger partial charge in [0.2, 0.25) is 0 Å². The minimum absolute atomic E-state index is 0.0931. The van der Waals surface area contributed by atoms with Gasteiger partial charge in [-0.05, 0) is 24.6 Å². The Morgan fingerprint density at radius 3 is 2.94 bits per heavy atom. The van der Waals surface area contributed by atoms with Crippen LogP contribution < -0.4 is 10.6 Å². The number of hydrogen-bond acceptors (Lipinski definition) is 1. The predicted octanol–water partition coefficient (Wildman–Crippen LogP) is 0.905. The molecule has 1 aliphatic rings. The van der Waals surface area contributed by atoms with Crippen molar-refractivity contribution in [1.29, 1.82) is 0 Å². The summed E-state index contributed by atoms with van der Waals surface area (Å²) in [7, 11) is 0. The molecule has 1 saturated heterocycles. The Balaban J connectivity index is 1.97. The van der Waals surface area contributed by atoms with E-state index in [0.29, 0.717) is 5.92 Å². The Bertz CT molecular complexity index is 389. The monoisotopic (exact) mass is 219 g/mol. The molecule has 0 aliphatic carbocycles. The van der Waals surface area contributed by atoms with Gasteiger partial charge in [-0.2, -0.15) is 0 Å². The van der Waals surface area contributed by atoms with Crippen LogP contribution in [-0.4, -0.2) is 18.5 Å². The highest BCUT2D eigenvalue weighted by Crippen LogP contribution is 2.12. The quantitative estimate of drug-likeness (QED) is 0.763. The second-order valence-electron chi connectivity index (χ2n) is 4.78. The fraction of sp³-hybridized carbons (Fsp3) is 0.462. The maximum atomic E-state index is 11.9. The lowest BCUT2D eigenvalue weighted by atomic mass is 10.1. The number of nitrogens with two attached hydrogens (primary N) is 1. The third-order valence-corrected chi connectivity index (χ3v) is 3.10. The molecule has 0 unspecified atom stereocenters. The molecule has 0 bridgehead atoms. The van der Waals surface area contributed by atoms with Crippen LogP contribution in [0.3, 0.4) is 0 Å². The number of aryl methyl sites for hydroxylation is 1. The Hall–Kier alpha value is -1.35. The topological polar surface area (TPSA) is 45.7 Å². The molecule has 16 heavy (non-hydrogen) atoms. The second kappa shape index (κ2) is 4.66. The molecule has 86 valence electrons. The highest BCUT2D eigenvalue weighted by molar-refractivity contribution is 5.93. The third kappa shape index (κ3) is 2.61. The number of carbonyl (C=O) groups excluding carboxylic acids is 1. The van der Waals surface area contributed by atoms with Gasteiger partial charge in [-0.1, -0.05) is 19.1 Å². The summed E-state index contributed by atoms with van der Waals surface area (Å²) in [6.07, 6.45) is 0.984. The van der Waals surface area contributed by atoms with Crippen LogP contribution in [0.4, 0.5) is 5.69 Å². The van der Waals surface area contributed by atoms with Crippen molar-refractivity contribution in [2.75, 3.05) is 11.9 Å². The standard InChI is InChI=1S/C13H18N2O/c1-9-4-3-5-11(6-9)15-13(16)12-7-10(2)8-14-12/h3-6,10,12,14H,7-8H2,1-2H3,(H,15,16)/p+1/t10-,12-/m0/s1.